The zero-order chi connectivity index (χ0) is 27.6. The van der Waals surface area contributed by atoms with Crippen molar-refractivity contribution in [2.75, 3.05) is 50.0 Å². The molecule has 0 spiro atoms. The molecule has 0 radical (unpaired) electrons. The Morgan fingerprint density at radius 2 is 1.79 bits per heavy atom. The average molecular weight is 539 g/mol. The molecule has 39 heavy (non-hydrogen) atoms. The van der Waals surface area contributed by atoms with E-state index in [0.717, 1.165) is 56.5 Å². The van der Waals surface area contributed by atoms with Crippen LogP contribution >= 0.6 is 0 Å². The maximum absolute atomic E-state index is 13.7. The Labute approximate surface area is 226 Å². The Morgan fingerprint density at radius 1 is 1.05 bits per heavy atom. The molecule has 2 aromatic carbocycles. The van der Waals surface area contributed by atoms with Crippen LogP contribution in [0.15, 0.2) is 55.1 Å². The number of piperazine rings is 1. The van der Waals surface area contributed by atoms with Gasteiger partial charge in [0.05, 0.1) is 23.6 Å². The van der Waals surface area contributed by atoms with E-state index in [-0.39, 0.29) is 11.6 Å². The Kier molecular flexibility index (Phi) is 7.86. The molecule has 0 saturated carbocycles. The smallest absolute Gasteiger partial charge is 0.364 e. The number of anilines is 2. The molecule has 3 aromatic rings. The van der Waals surface area contributed by atoms with Crippen molar-refractivity contribution in [2.24, 2.45) is 0 Å². The highest BCUT2D eigenvalue weighted by Gasteiger charge is 2.32. The number of aromatic nitrogens is 2. The largest absolute Gasteiger partial charge is 0.416 e. The third-order valence-electron chi connectivity index (χ3n) is 7.63. The van der Waals surface area contributed by atoms with E-state index in [1.165, 1.54) is 18.0 Å². The van der Waals surface area contributed by atoms with Crippen LogP contribution in [0.1, 0.15) is 51.9 Å². The fourth-order valence-corrected chi connectivity index (χ4v) is 5.40. The van der Waals surface area contributed by atoms with E-state index in [0.29, 0.717) is 24.2 Å². The van der Waals surface area contributed by atoms with Crippen LogP contribution in [0.2, 0.25) is 0 Å². The lowest BCUT2D eigenvalue weighted by Gasteiger charge is -2.35. The van der Waals surface area contributed by atoms with E-state index >= 15 is 0 Å². The van der Waals surface area contributed by atoms with Gasteiger partial charge in [-0.15, -0.1) is 0 Å². The molecule has 1 amide bonds. The quantitative estimate of drug-likeness (QED) is 0.476. The van der Waals surface area contributed by atoms with Crippen LogP contribution in [-0.4, -0.2) is 65.4 Å². The summed E-state index contributed by atoms with van der Waals surface area (Å²) in [5, 5.41) is 2.73. The number of amides is 1. The third kappa shape index (κ3) is 6.39. The molecular formula is C29H33F3N6O. The number of carbonyl (C=O) groups is 1. The maximum atomic E-state index is 13.7. The van der Waals surface area contributed by atoms with Crippen LogP contribution < -0.4 is 10.2 Å². The van der Waals surface area contributed by atoms with E-state index < -0.39 is 17.6 Å². The highest BCUT2D eigenvalue weighted by molar-refractivity contribution is 6.04. The van der Waals surface area contributed by atoms with Crippen LogP contribution in [0.4, 0.5) is 24.5 Å². The van der Waals surface area contributed by atoms with Gasteiger partial charge in [-0.3, -0.25) is 9.69 Å². The lowest BCUT2D eigenvalue weighted by Crippen LogP contribution is -2.43. The molecule has 0 unspecified atom stereocenters. The van der Waals surface area contributed by atoms with Gasteiger partial charge in [0, 0.05) is 63.0 Å². The molecule has 10 heteroatoms. The second-order valence-electron chi connectivity index (χ2n) is 10.4. The van der Waals surface area contributed by atoms with Gasteiger partial charge in [0.2, 0.25) is 0 Å². The highest BCUT2D eigenvalue weighted by Crippen LogP contribution is 2.35. The number of nitrogens with one attached hydrogen (secondary N) is 1. The highest BCUT2D eigenvalue weighted by atomic mass is 19.4. The van der Waals surface area contributed by atoms with Crippen LogP contribution in [0, 0.1) is 0 Å². The van der Waals surface area contributed by atoms with Crippen molar-refractivity contribution in [3.63, 3.8) is 0 Å². The van der Waals surface area contributed by atoms with Crippen LogP contribution in [-0.2, 0) is 19.3 Å². The van der Waals surface area contributed by atoms with Gasteiger partial charge in [0.25, 0.3) is 5.91 Å². The maximum Gasteiger partial charge on any atom is 0.416 e. The number of carbonyl (C=O) groups excluding carboxylic acids is 1. The Hall–Kier alpha value is -3.50. The molecule has 5 rings (SSSR count). The van der Waals surface area contributed by atoms with Crippen molar-refractivity contribution in [2.45, 2.75) is 38.5 Å². The van der Waals surface area contributed by atoms with Crippen molar-refractivity contribution in [1.29, 1.82) is 0 Å². The van der Waals surface area contributed by atoms with Gasteiger partial charge in [0.1, 0.15) is 6.33 Å². The zero-order valence-electron chi connectivity index (χ0n) is 22.2. The van der Waals surface area contributed by atoms with Crippen molar-refractivity contribution in [3.8, 4) is 0 Å². The van der Waals surface area contributed by atoms with E-state index in [1.54, 1.807) is 24.5 Å². The monoisotopic (exact) mass is 538 g/mol. The van der Waals surface area contributed by atoms with E-state index in [4.69, 9.17) is 0 Å². The first kappa shape index (κ1) is 27.1. The van der Waals surface area contributed by atoms with Crippen molar-refractivity contribution in [3.05, 3.63) is 82.9 Å². The minimum absolute atomic E-state index is 0.145. The predicted octanol–water partition coefficient (Wildman–Crippen LogP) is 5.01. The topological polar surface area (TPSA) is 64.6 Å². The molecule has 1 aromatic heterocycles. The predicted molar refractivity (Wildman–Crippen MR) is 145 cm³/mol. The number of benzene rings is 2. The lowest BCUT2D eigenvalue weighted by atomic mass is 9.86. The molecule has 1 atom stereocenters. The summed E-state index contributed by atoms with van der Waals surface area (Å²) in [6, 6.07) is 9.42. The van der Waals surface area contributed by atoms with Crippen LogP contribution in [0.3, 0.4) is 0 Å². The fourth-order valence-electron chi connectivity index (χ4n) is 5.40. The first-order chi connectivity index (χ1) is 18.7. The summed E-state index contributed by atoms with van der Waals surface area (Å²) in [6.07, 6.45) is 1.46. The number of fused-ring (bicyclic) bond motifs is 1. The summed E-state index contributed by atoms with van der Waals surface area (Å²) in [6.45, 7) is 7.26. The summed E-state index contributed by atoms with van der Waals surface area (Å²) in [5.74, 6) is -0.150. The van der Waals surface area contributed by atoms with Gasteiger partial charge in [-0.25, -0.2) is 9.97 Å². The third-order valence-corrected chi connectivity index (χ3v) is 7.63. The molecule has 3 heterocycles. The molecule has 2 aliphatic rings. The van der Waals surface area contributed by atoms with Crippen LogP contribution in [0.5, 0.6) is 0 Å². The summed E-state index contributed by atoms with van der Waals surface area (Å²) >= 11 is 0. The number of halogens is 3. The second-order valence-corrected chi connectivity index (χ2v) is 10.4. The molecule has 1 saturated heterocycles. The summed E-state index contributed by atoms with van der Waals surface area (Å²) in [4.78, 5) is 28.0. The number of hydrogen-bond donors (Lipinski definition) is 1. The number of alkyl halides is 3. The lowest BCUT2D eigenvalue weighted by molar-refractivity contribution is -0.137. The van der Waals surface area contributed by atoms with Crippen LogP contribution in [0.25, 0.3) is 0 Å². The van der Waals surface area contributed by atoms with Gasteiger partial charge < -0.3 is 15.1 Å². The number of likely N-dealkylation sites (N-methyl/N-ethyl adjacent to an activating group) is 1. The van der Waals surface area contributed by atoms with Crippen molar-refractivity contribution >= 4 is 17.3 Å². The summed E-state index contributed by atoms with van der Waals surface area (Å²) in [5.41, 5.74) is 3.44. The average Bonchev–Trinajstić information content (AvgIpc) is 2.93. The number of rotatable bonds is 6. The number of nitrogens with zero attached hydrogens (tertiary/aromatic N) is 5. The van der Waals surface area contributed by atoms with Crippen molar-refractivity contribution < 1.29 is 18.0 Å². The van der Waals surface area contributed by atoms with Gasteiger partial charge in [-0.05, 0) is 60.5 Å². The first-order valence-electron chi connectivity index (χ1n) is 13.3. The molecule has 7 nitrogen and oxygen atoms in total. The molecule has 0 bridgehead atoms. The second kappa shape index (κ2) is 11.3. The molecule has 1 fully saturated rings. The summed E-state index contributed by atoms with van der Waals surface area (Å²) in [7, 11) is 2.03. The Balaban J connectivity index is 1.37. The van der Waals surface area contributed by atoms with Gasteiger partial charge in [-0.2, -0.15) is 13.2 Å². The SMILES string of the molecule is CC[C@H]1CN(c2cncnc2)Cc2cc(C(=O)Nc3cc(CN4CCN(C)CC4)cc(C(F)(F)F)c3)ccc21. The zero-order valence-corrected chi connectivity index (χ0v) is 22.2. The Morgan fingerprint density at radius 3 is 2.49 bits per heavy atom. The normalized spacial score (nSPS) is 18.6. The van der Waals surface area contributed by atoms with E-state index in [2.05, 4.69) is 36.9 Å². The molecule has 0 aliphatic carbocycles. The van der Waals surface area contributed by atoms with Gasteiger partial charge >= 0.3 is 6.18 Å². The van der Waals surface area contributed by atoms with E-state index in [1.807, 2.05) is 19.2 Å². The molecule has 206 valence electrons. The van der Waals surface area contributed by atoms with Gasteiger partial charge in [-0.1, -0.05) is 13.0 Å². The van der Waals surface area contributed by atoms with Crippen molar-refractivity contribution in [1.82, 2.24) is 19.8 Å². The fraction of sp³-hybridized carbons (Fsp3) is 0.414. The molecular weight excluding hydrogens is 505 g/mol. The summed E-state index contributed by atoms with van der Waals surface area (Å²) < 4.78 is 41.2. The molecule has 2 aliphatic heterocycles. The first-order valence-corrected chi connectivity index (χ1v) is 13.3. The van der Waals surface area contributed by atoms with E-state index in [9.17, 15) is 18.0 Å². The van der Waals surface area contributed by atoms with Gasteiger partial charge in [0.15, 0.2) is 0 Å². The standard InChI is InChI=1S/C29H33F3N6O/c1-3-21-17-38(26-14-33-19-34-15-26)18-23-12-22(4-5-27(21)23)28(39)35-25-11-20(10-24(13-25)29(30,31)32)16-37-8-6-36(2)7-9-37/h4-5,10-15,19,21H,3,6-9,16-18H2,1-2H3,(H,35,39)/t21-/m0/s1. The minimum Gasteiger partial charge on any atom is -0.364 e. The minimum atomic E-state index is -4.51. The Bertz CT molecular complexity index is 1310. The number of hydrogen-bond acceptors (Lipinski definition) is 6. The molecule has 1 N–H and O–H groups in total.